The van der Waals surface area contributed by atoms with Crippen molar-refractivity contribution in [2.75, 3.05) is 5.32 Å². The van der Waals surface area contributed by atoms with Crippen molar-refractivity contribution in [1.29, 1.82) is 0 Å². The maximum atomic E-state index is 12.4. The molecule has 23 heavy (non-hydrogen) atoms. The van der Waals surface area contributed by atoms with E-state index in [-0.39, 0.29) is 5.91 Å². The topological polar surface area (TPSA) is 72.7 Å². The molecule has 3 aromatic rings. The van der Waals surface area contributed by atoms with E-state index < -0.39 is 0 Å². The fourth-order valence-electron chi connectivity index (χ4n) is 2.61. The molecule has 0 spiro atoms. The van der Waals surface area contributed by atoms with Crippen LogP contribution in [0.25, 0.3) is 5.69 Å². The van der Waals surface area contributed by atoms with Gasteiger partial charge in [0.1, 0.15) is 6.33 Å². The molecule has 0 atom stereocenters. The number of amides is 1. The van der Waals surface area contributed by atoms with Crippen LogP contribution in [0.1, 0.15) is 27.0 Å². The van der Waals surface area contributed by atoms with Gasteiger partial charge in [0.05, 0.1) is 5.69 Å². The largest absolute Gasteiger partial charge is 0.322 e. The second-order valence-corrected chi connectivity index (χ2v) is 5.53. The molecule has 1 aromatic heterocycles. The highest BCUT2D eigenvalue weighted by Crippen LogP contribution is 2.22. The number of carbonyl (C=O) groups is 1. The molecule has 0 aliphatic rings. The summed E-state index contributed by atoms with van der Waals surface area (Å²) >= 11 is 0. The number of aromatic nitrogens is 4. The number of carbonyl (C=O) groups excluding carboxylic acids is 1. The van der Waals surface area contributed by atoms with Gasteiger partial charge in [-0.15, -0.1) is 5.10 Å². The van der Waals surface area contributed by atoms with Crippen LogP contribution >= 0.6 is 0 Å². The highest BCUT2D eigenvalue weighted by molar-refractivity contribution is 6.05. The van der Waals surface area contributed by atoms with Crippen LogP contribution in [0.2, 0.25) is 0 Å². The molecule has 0 fully saturated rings. The van der Waals surface area contributed by atoms with Crippen molar-refractivity contribution in [3.8, 4) is 5.69 Å². The summed E-state index contributed by atoms with van der Waals surface area (Å²) in [4.78, 5) is 12.4. The van der Waals surface area contributed by atoms with Crippen LogP contribution in [0, 0.1) is 20.8 Å². The third-order valence-electron chi connectivity index (χ3n) is 3.66. The van der Waals surface area contributed by atoms with E-state index in [1.165, 1.54) is 16.6 Å². The molecule has 0 radical (unpaired) electrons. The monoisotopic (exact) mass is 307 g/mol. The minimum absolute atomic E-state index is 0.136. The van der Waals surface area contributed by atoms with Crippen LogP contribution in [0.4, 0.5) is 5.69 Å². The predicted molar refractivity (Wildman–Crippen MR) is 87.8 cm³/mol. The number of hydrogen-bond donors (Lipinski definition) is 1. The zero-order chi connectivity index (χ0) is 16.4. The Morgan fingerprint density at radius 1 is 1.04 bits per heavy atom. The minimum Gasteiger partial charge on any atom is -0.322 e. The summed E-state index contributed by atoms with van der Waals surface area (Å²) in [6.45, 7) is 6.04. The molecule has 6 nitrogen and oxygen atoms in total. The highest BCUT2D eigenvalue weighted by Gasteiger charge is 2.10. The first-order chi connectivity index (χ1) is 11.0. The zero-order valence-corrected chi connectivity index (χ0v) is 13.2. The zero-order valence-electron chi connectivity index (χ0n) is 13.2. The second-order valence-electron chi connectivity index (χ2n) is 5.53. The number of nitrogens with one attached hydrogen (secondary N) is 1. The summed E-state index contributed by atoms with van der Waals surface area (Å²) in [5.41, 5.74) is 5.55. The smallest absolute Gasteiger partial charge is 0.255 e. The summed E-state index contributed by atoms with van der Waals surface area (Å²) in [7, 11) is 0. The van der Waals surface area contributed by atoms with E-state index in [1.54, 1.807) is 24.3 Å². The third-order valence-corrected chi connectivity index (χ3v) is 3.66. The molecule has 0 aliphatic heterocycles. The molecule has 3 rings (SSSR count). The van der Waals surface area contributed by atoms with Gasteiger partial charge in [0.25, 0.3) is 5.91 Å². The van der Waals surface area contributed by atoms with Gasteiger partial charge in [-0.05, 0) is 66.6 Å². The molecule has 0 aliphatic carbocycles. The average Bonchev–Trinajstić information content (AvgIpc) is 3.05. The van der Waals surface area contributed by atoms with Gasteiger partial charge in [0.15, 0.2) is 0 Å². The molecule has 0 unspecified atom stereocenters. The molecule has 0 saturated heterocycles. The first kappa shape index (κ1) is 14.9. The molecule has 0 saturated carbocycles. The summed E-state index contributed by atoms with van der Waals surface area (Å²) in [6, 6.07) is 11.2. The highest BCUT2D eigenvalue weighted by atomic mass is 16.1. The lowest BCUT2D eigenvalue weighted by molar-refractivity contribution is 0.102. The van der Waals surface area contributed by atoms with E-state index in [0.29, 0.717) is 5.56 Å². The van der Waals surface area contributed by atoms with Gasteiger partial charge in [0, 0.05) is 11.3 Å². The fourth-order valence-corrected chi connectivity index (χ4v) is 2.61. The summed E-state index contributed by atoms with van der Waals surface area (Å²) in [5.74, 6) is -0.136. The molecule has 116 valence electrons. The molecule has 1 N–H and O–H groups in total. The lowest BCUT2D eigenvalue weighted by Crippen LogP contribution is -2.14. The van der Waals surface area contributed by atoms with E-state index in [1.807, 2.05) is 20.8 Å². The average molecular weight is 307 g/mol. The van der Waals surface area contributed by atoms with Gasteiger partial charge in [-0.2, -0.15) is 0 Å². The van der Waals surface area contributed by atoms with Gasteiger partial charge in [-0.1, -0.05) is 17.7 Å². The lowest BCUT2D eigenvalue weighted by atomic mass is 10.0. The molecule has 0 bridgehead atoms. The van der Waals surface area contributed by atoms with Gasteiger partial charge in [-0.25, -0.2) is 4.68 Å². The van der Waals surface area contributed by atoms with Crippen molar-refractivity contribution in [2.24, 2.45) is 0 Å². The van der Waals surface area contributed by atoms with Gasteiger partial charge in [-0.3, -0.25) is 4.79 Å². The fraction of sp³-hybridized carbons (Fsp3) is 0.176. The molecule has 1 heterocycles. The third kappa shape index (κ3) is 3.11. The number of benzene rings is 2. The van der Waals surface area contributed by atoms with Crippen LogP contribution in [0.15, 0.2) is 42.7 Å². The Morgan fingerprint density at radius 3 is 2.26 bits per heavy atom. The van der Waals surface area contributed by atoms with Crippen LogP contribution in [-0.4, -0.2) is 26.1 Å². The maximum Gasteiger partial charge on any atom is 0.255 e. The first-order valence-electron chi connectivity index (χ1n) is 7.27. The Labute approximate surface area is 134 Å². The second kappa shape index (κ2) is 6.00. The van der Waals surface area contributed by atoms with E-state index in [4.69, 9.17) is 0 Å². The molecular formula is C17H17N5O. The van der Waals surface area contributed by atoms with Crippen molar-refractivity contribution in [3.63, 3.8) is 0 Å². The first-order valence-corrected chi connectivity index (χ1v) is 7.27. The van der Waals surface area contributed by atoms with Crippen LogP contribution in [0.3, 0.4) is 0 Å². The van der Waals surface area contributed by atoms with Crippen LogP contribution in [0.5, 0.6) is 0 Å². The van der Waals surface area contributed by atoms with Crippen LogP contribution < -0.4 is 5.32 Å². The Kier molecular flexibility index (Phi) is 3.89. The quantitative estimate of drug-likeness (QED) is 0.807. The van der Waals surface area contributed by atoms with E-state index in [2.05, 4.69) is 33.0 Å². The summed E-state index contributed by atoms with van der Waals surface area (Å²) in [5, 5.41) is 14.0. The van der Waals surface area contributed by atoms with E-state index in [9.17, 15) is 4.79 Å². The number of hydrogen-bond acceptors (Lipinski definition) is 4. The van der Waals surface area contributed by atoms with Crippen molar-refractivity contribution in [3.05, 3.63) is 65.0 Å². The normalized spacial score (nSPS) is 10.6. The number of rotatable bonds is 3. The molecule has 2 aromatic carbocycles. The standard InChI is InChI=1S/C17H17N5O/c1-11-8-12(2)16(13(3)9-11)19-17(23)14-4-6-15(7-5-14)22-10-18-20-21-22/h4-10H,1-3H3,(H,19,23). The number of nitrogens with zero attached hydrogens (tertiary/aromatic N) is 4. The lowest BCUT2D eigenvalue weighted by Gasteiger charge is -2.13. The van der Waals surface area contributed by atoms with Crippen molar-refractivity contribution < 1.29 is 4.79 Å². The number of aryl methyl sites for hydroxylation is 3. The van der Waals surface area contributed by atoms with Crippen LogP contribution in [-0.2, 0) is 0 Å². The Morgan fingerprint density at radius 2 is 1.70 bits per heavy atom. The Bertz CT molecular complexity index is 815. The molecular weight excluding hydrogens is 290 g/mol. The predicted octanol–water partition coefficient (Wildman–Crippen LogP) is 2.84. The Hall–Kier alpha value is -3.02. The molecule has 1 amide bonds. The van der Waals surface area contributed by atoms with Crippen molar-refractivity contribution in [1.82, 2.24) is 20.2 Å². The van der Waals surface area contributed by atoms with Gasteiger partial charge < -0.3 is 5.32 Å². The Balaban J connectivity index is 1.81. The molecule has 6 heteroatoms. The van der Waals surface area contributed by atoms with E-state index in [0.717, 1.165) is 22.5 Å². The van der Waals surface area contributed by atoms with E-state index >= 15 is 0 Å². The summed E-state index contributed by atoms with van der Waals surface area (Å²) < 4.78 is 1.54. The van der Waals surface area contributed by atoms with Crippen molar-refractivity contribution in [2.45, 2.75) is 20.8 Å². The van der Waals surface area contributed by atoms with Crippen molar-refractivity contribution >= 4 is 11.6 Å². The van der Waals surface area contributed by atoms with Gasteiger partial charge in [0.2, 0.25) is 0 Å². The maximum absolute atomic E-state index is 12.4. The summed E-state index contributed by atoms with van der Waals surface area (Å²) in [6.07, 6.45) is 1.51. The SMILES string of the molecule is Cc1cc(C)c(NC(=O)c2ccc(-n3cnnn3)cc2)c(C)c1. The van der Waals surface area contributed by atoms with Gasteiger partial charge >= 0.3 is 0 Å². The minimum atomic E-state index is -0.136. The number of tetrazole rings is 1. The number of anilines is 1.